The maximum Gasteiger partial charge on any atom is 0.251 e. The summed E-state index contributed by atoms with van der Waals surface area (Å²) in [6, 6.07) is 10.9. The van der Waals surface area contributed by atoms with Crippen LogP contribution in [-0.4, -0.2) is 47.6 Å². The fourth-order valence-electron chi connectivity index (χ4n) is 2.29. The van der Waals surface area contributed by atoms with E-state index >= 15 is 0 Å². The first-order valence-electron chi connectivity index (χ1n) is 9.73. The molecule has 9 nitrogen and oxygen atoms in total. The number of benzene rings is 1. The van der Waals surface area contributed by atoms with Gasteiger partial charge in [0.2, 0.25) is 5.91 Å². The van der Waals surface area contributed by atoms with Crippen molar-refractivity contribution in [1.29, 1.82) is 0 Å². The predicted molar refractivity (Wildman–Crippen MR) is 130 cm³/mol. The van der Waals surface area contributed by atoms with Crippen molar-refractivity contribution >= 4 is 51.1 Å². The van der Waals surface area contributed by atoms with Crippen LogP contribution in [0, 0.1) is 0 Å². The van der Waals surface area contributed by atoms with Crippen LogP contribution in [0.1, 0.15) is 29.3 Å². The molecule has 1 heterocycles. The van der Waals surface area contributed by atoms with E-state index in [2.05, 4.69) is 31.6 Å². The molecule has 0 bridgehead atoms. The molecule has 0 atom stereocenters. The number of nitrogens with two attached hydrogens (primary N) is 1. The average molecular weight is 462 g/mol. The van der Waals surface area contributed by atoms with Gasteiger partial charge in [-0.25, -0.2) is 10.8 Å². The summed E-state index contributed by atoms with van der Waals surface area (Å²) in [5, 5.41) is 10.2. The van der Waals surface area contributed by atoms with Gasteiger partial charge in [0.05, 0.1) is 18.1 Å². The standard InChI is InChI=1S/C20H27N7O2S2/c1-2-22-17-7-8-18(24-14-17)27-25-13-15-3-5-16(6-4-15)20(29)23-10-12-31-30-11-9-19(28)26-21/h3-8,13-14,22H,2,9-12,21H2,1H3,(H,23,29)(H,24,27)(H,26,28)/b25-13+. The van der Waals surface area contributed by atoms with Gasteiger partial charge in [0.15, 0.2) is 0 Å². The lowest BCUT2D eigenvalue weighted by Crippen LogP contribution is -2.30. The van der Waals surface area contributed by atoms with E-state index in [0.717, 1.165) is 23.5 Å². The normalized spacial score (nSPS) is 10.6. The largest absolute Gasteiger partial charge is 0.384 e. The number of hydrogen-bond acceptors (Lipinski definition) is 9. The Morgan fingerprint density at radius 2 is 1.90 bits per heavy atom. The van der Waals surface area contributed by atoms with Gasteiger partial charge in [0.1, 0.15) is 5.82 Å². The molecule has 1 aromatic carbocycles. The van der Waals surface area contributed by atoms with E-state index in [1.807, 2.05) is 31.2 Å². The van der Waals surface area contributed by atoms with Gasteiger partial charge in [-0.15, -0.1) is 0 Å². The molecule has 31 heavy (non-hydrogen) atoms. The Morgan fingerprint density at radius 3 is 2.58 bits per heavy atom. The summed E-state index contributed by atoms with van der Waals surface area (Å²) in [5.41, 5.74) is 7.38. The molecule has 0 aliphatic carbocycles. The van der Waals surface area contributed by atoms with Gasteiger partial charge < -0.3 is 10.6 Å². The Morgan fingerprint density at radius 1 is 1.13 bits per heavy atom. The summed E-state index contributed by atoms with van der Waals surface area (Å²) in [5.74, 6) is 6.78. The minimum absolute atomic E-state index is 0.125. The van der Waals surface area contributed by atoms with Crippen LogP contribution in [0.2, 0.25) is 0 Å². The fourth-order valence-corrected chi connectivity index (χ4v) is 4.19. The first-order chi connectivity index (χ1) is 15.1. The van der Waals surface area contributed by atoms with Crippen LogP contribution < -0.4 is 27.3 Å². The lowest BCUT2D eigenvalue weighted by Gasteiger charge is -2.05. The zero-order valence-corrected chi connectivity index (χ0v) is 18.9. The van der Waals surface area contributed by atoms with Crippen molar-refractivity contribution in [3.63, 3.8) is 0 Å². The summed E-state index contributed by atoms with van der Waals surface area (Å²) in [6.45, 7) is 3.42. The first kappa shape index (κ1) is 24.5. The molecule has 166 valence electrons. The van der Waals surface area contributed by atoms with Gasteiger partial charge >= 0.3 is 0 Å². The number of rotatable bonds is 13. The second-order valence-corrected chi connectivity index (χ2v) is 8.87. The summed E-state index contributed by atoms with van der Waals surface area (Å²) in [7, 11) is 3.18. The van der Waals surface area contributed by atoms with Gasteiger partial charge in [0.25, 0.3) is 5.91 Å². The molecule has 11 heteroatoms. The van der Waals surface area contributed by atoms with E-state index in [9.17, 15) is 9.59 Å². The fraction of sp³-hybridized carbons (Fsp3) is 0.300. The highest BCUT2D eigenvalue weighted by atomic mass is 33.1. The number of nitrogens with one attached hydrogen (secondary N) is 4. The van der Waals surface area contributed by atoms with Gasteiger partial charge in [-0.2, -0.15) is 5.10 Å². The van der Waals surface area contributed by atoms with Crippen LogP contribution in [0.5, 0.6) is 0 Å². The van der Waals surface area contributed by atoms with E-state index < -0.39 is 0 Å². The lowest BCUT2D eigenvalue weighted by molar-refractivity contribution is -0.120. The van der Waals surface area contributed by atoms with Gasteiger partial charge in [-0.05, 0) is 36.8 Å². The maximum atomic E-state index is 12.2. The number of hydrazone groups is 1. The number of aromatic nitrogens is 1. The molecule has 0 aliphatic heterocycles. The first-order valence-corrected chi connectivity index (χ1v) is 12.2. The van der Waals surface area contributed by atoms with E-state index in [4.69, 9.17) is 5.84 Å². The molecule has 2 rings (SSSR count). The third kappa shape index (κ3) is 9.73. The van der Waals surface area contributed by atoms with Gasteiger partial charge in [0, 0.05) is 36.6 Å². The SMILES string of the molecule is CCNc1ccc(N/N=C/c2ccc(C(=O)NCCSSCCC(=O)NN)cc2)nc1. The van der Waals surface area contributed by atoms with Gasteiger partial charge in [-0.3, -0.25) is 20.4 Å². The van der Waals surface area contributed by atoms with Crippen molar-refractivity contribution in [1.82, 2.24) is 15.7 Å². The average Bonchev–Trinajstić information content (AvgIpc) is 2.80. The van der Waals surface area contributed by atoms with E-state index in [-0.39, 0.29) is 11.8 Å². The number of carbonyl (C=O) groups is 2. The van der Waals surface area contributed by atoms with E-state index in [1.54, 1.807) is 46.1 Å². The number of nitrogens with zero attached hydrogens (tertiary/aromatic N) is 2. The minimum atomic E-state index is -0.180. The zero-order chi connectivity index (χ0) is 22.3. The molecule has 0 fully saturated rings. The topological polar surface area (TPSA) is 134 Å². The van der Waals surface area contributed by atoms with E-state index in [1.165, 1.54) is 0 Å². The van der Waals surface area contributed by atoms with Crippen molar-refractivity contribution in [2.45, 2.75) is 13.3 Å². The molecule has 2 amide bonds. The Kier molecular flexibility index (Phi) is 11.3. The number of pyridine rings is 1. The molecule has 0 unspecified atom stereocenters. The molecule has 0 spiro atoms. The summed E-state index contributed by atoms with van der Waals surface area (Å²) < 4.78 is 0. The van der Waals surface area contributed by atoms with Crippen LogP contribution in [0.15, 0.2) is 47.7 Å². The highest BCUT2D eigenvalue weighted by Gasteiger charge is 2.04. The van der Waals surface area contributed by atoms with Crippen molar-refractivity contribution in [3.8, 4) is 0 Å². The zero-order valence-electron chi connectivity index (χ0n) is 17.3. The second-order valence-electron chi connectivity index (χ2n) is 6.17. The lowest BCUT2D eigenvalue weighted by atomic mass is 10.1. The molecule has 2 aromatic rings. The van der Waals surface area contributed by atoms with Gasteiger partial charge in [-0.1, -0.05) is 33.7 Å². The van der Waals surface area contributed by atoms with Crippen molar-refractivity contribution in [2.24, 2.45) is 10.9 Å². The third-order valence-electron chi connectivity index (χ3n) is 3.84. The van der Waals surface area contributed by atoms with Crippen LogP contribution in [-0.2, 0) is 4.79 Å². The minimum Gasteiger partial charge on any atom is -0.384 e. The molecule has 6 N–H and O–H groups in total. The Bertz CT molecular complexity index is 846. The van der Waals surface area contributed by atoms with Crippen LogP contribution in [0.4, 0.5) is 11.5 Å². The van der Waals surface area contributed by atoms with Crippen LogP contribution in [0.3, 0.4) is 0 Å². The summed E-state index contributed by atoms with van der Waals surface area (Å²) in [4.78, 5) is 27.4. The second kappa shape index (κ2) is 14.3. The van der Waals surface area contributed by atoms with Crippen LogP contribution >= 0.6 is 21.6 Å². The smallest absolute Gasteiger partial charge is 0.251 e. The number of carbonyl (C=O) groups excluding carboxylic acids is 2. The molecule has 1 aromatic heterocycles. The Hall–Kier alpha value is -2.76. The highest BCUT2D eigenvalue weighted by molar-refractivity contribution is 8.76. The third-order valence-corrected chi connectivity index (χ3v) is 6.25. The maximum absolute atomic E-state index is 12.2. The molecule has 0 saturated heterocycles. The van der Waals surface area contributed by atoms with Crippen molar-refractivity contribution in [2.75, 3.05) is 35.3 Å². The number of amides is 2. The Balaban J connectivity index is 1.67. The summed E-state index contributed by atoms with van der Waals surface area (Å²) in [6.07, 6.45) is 3.79. The van der Waals surface area contributed by atoms with Crippen molar-refractivity contribution in [3.05, 3.63) is 53.7 Å². The molecule has 0 saturated carbocycles. The quantitative estimate of drug-likeness (QED) is 0.0767. The monoisotopic (exact) mass is 461 g/mol. The highest BCUT2D eigenvalue weighted by Crippen LogP contribution is 2.21. The number of hydrogen-bond donors (Lipinski definition) is 5. The predicted octanol–water partition coefficient (Wildman–Crippen LogP) is 2.45. The van der Waals surface area contributed by atoms with Crippen molar-refractivity contribution < 1.29 is 9.59 Å². The number of anilines is 2. The Labute approximate surface area is 189 Å². The van der Waals surface area contributed by atoms with E-state index in [0.29, 0.717) is 30.1 Å². The van der Waals surface area contributed by atoms with Crippen LogP contribution in [0.25, 0.3) is 0 Å². The molecule has 0 aliphatic rings. The number of hydrazine groups is 1. The molecular formula is C20H27N7O2S2. The summed E-state index contributed by atoms with van der Waals surface area (Å²) >= 11 is 0. The molecule has 0 radical (unpaired) electrons. The molecular weight excluding hydrogens is 434 g/mol.